The third-order valence-corrected chi connectivity index (χ3v) is 8.94. The molecule has 4 rings (SSSR count). The van der Waals surface area contributed by atoms with Gasteiger partial charge in [0.1, 0.15) is 0 Å². The highest BCUT2D eigenvalue weighted by molar-refractivity contribution is 5.91. The van der Waals surface area contributed by atoms with Gasteiger partial charge in [-0.05, 0) is 104 Å². The Balaban J connectivity index is 1.32. The summed E-state index contributed by atoms with van der Waals surface area (Å²) in [4.78, 5) is 12.7. The summed E-state index contributed by atoms with van der Waals surface area (Å²) in [5.41, 5.74) is 2.02. The van der Waals surface area contributed by atoms with Crippen LogP contribution in [0.1, 0.15) is 137 Å². The van der Waals surface area contributed by atoms with E-state index >= 15 is 0 Å². The smallest absolute Gasteiger partial charge is 0.343 e. The van der Waals surface area contributed by atoms with Crippen molar-refractivity contribution in [2.75, 3.05) is 0 Å². The van der Waals surface area contributed by atoms with Crippen molar-refractivity contribution in [2.45, 2.75) is 116 Å². The first-order valence-electron chi connectivity index (χ1n) is 14.8. The Kier molecular flexibility index (Phi) is 10.2. The molecule has 2 aliphatic rings. The second-order valence-corrected chi connectivity index (χ2v) is 11.5. The highest BCUT2D eigenvalue weighted by Gasteiger charge is 2.27. The normalized spacial score (nSPS) is 24.1. The monoisotopic (exact) mass is 510 g/mol. The SMILES string of the molecule is CCCCCC1CCC(c2ccc(C(=O)Oc3ccc(C4CCC(CCC)CC4)c(F)c3F)cc2)CC1. The van der Waals surface area contributed by atoms with E-state index in [1.165, 1.54) is 75.8 Å². The van der Waals surface area contributed by atoms with Crippen LogP contribution in [0.3, 0.4) is 0 Å². The fraction of sp³-hybridized carbons (Fsp3) is 0.606. The zero-order valence-corrected chi connectivity index (χ0v) is 22.7. The molecule has 0 radical (unpaired) electrons. The van der Waals surface area contributed by atoms with E-state index < -0.39 is 17.6 Å². The molecule has 37 heavy (non-hydrogen) atoms. The number of hydrogen-bond acceptors (Lipinski definition) is 2. The van der Waals surface area contributed by atoms with Crippen LogP contribution in [0.4, 0.5) is 8.78 Å². The predicted molar refractivity (Wildman–Crippen MR) is 146 cm³/mol. The van der Waals surface area contributed by atoms with Crippen molar-refractivity contribution in [3.05, 3.63) is 64.7 Å². The molecule has 202 valence electrons. The third-order valence-electron chi connectivity index (χ3n) is 8.94. The molecule has 2 fully saturated rings. The van der Waals surface area contributed by atoms with Gasteiger partial charge in [-0.15, -0.1) is 0 Å². The molecule has 0 N–H and O–H groups in total. The lowest BCUT2D eigenvalue weighted by molar-refractivity contribution is 0.0726. The highest BCUT2D eigenvalue weighted by atomic mass is 19.2. The lowest BCUT2D eigenvalue weighted by atomic mass is 9.77. The Morgan fingerprint density at radius 3 is 1.97 bits per heavy atom. The number of hydrogen-bond donors (Lipinski definition) is 0. The summed E-state index contributed by atoms with van der Waals surface area (Å²) < 4.78 is 35.1. The summed E-state index contributed by atoms with van der Waals surface area (Å²) >= 11 is 0. The van der Waals surface area contributed by atoms with Crippen LogP contribution in [-0.2, 0) is 0 Å². The van der Waals surface area contributed by atoms with Gasteiger partial charge < -0.3 is 4.74 Å². The van der Waals surface area contributed by atoms with Crippen LogP contribution in [0.25, 0.3) is 0 Å². The topological polar surface area (TPSA) is 26.3 Å². The predicted octanol–water partition coefficient (Wildman–Crippen LogP) is 10.1. The lowest BCUT2D eigenvalue weighted by Gasteiger charge is -2.29. The van der Waals surface area contributed by atoms with Crippen molar-refractivity contribution in [1.82, 2.24) is 0 Å². The van der Waals surface area contributed by atoms with E-state index in [0.29, 0.717) is 23.0 Å². The zero-order valence-electron chi connectivity index (χ0n) is 22.7. The molecule has 0 atom stereocenters. The molecule has 2 aromatic carbocycles. The van der Waals surface area contributed by atoms with E-state index in [4.69, 9.17) is 4.74 Å². The minimum atomic E-state index is -1.06. The molecule has 0 unspecified atom stereocenters. The second kappa shape index (κ2) is 13.5. The fourth-order valence-electron chi connectivity index (χ4n) is 6.63. The molecule has 2 nitrogen and oxygen atoms in total. The second-order valence-electron chi connectivity index (χ2n) is 11.5. The lowest BCUT2D eigenvalue weighted by Crippen LogP contribution is -2.16. The Bertz CT molecular complexity index is 1000. The minimum Gasteiger partial charge on any atom is -0.420 e. The summed E-state index contributed by atoms with van der Waals surface area (Å²) in [5, 5.41) is 0. The number of unbranched alkanes of at least 4 members (excludes halogenated alkanes) is 2. The highest BCUT2D eigenvalue weighted by Crippen LogP contribution is 2.40. The number of carbonyl (C=O) groups is 1. The van der Waals surface area contributed by atoms with Crippen LogP contribution in [-0.4, -0.2) is 5.97 Å². The van der Waals surface area contributed by atoms with E-state index in [1.54, 1.807) is 18.2 Å². The average molecular weight is 511 g/mol. The maximum Gasteiger partial charge on any atom is 0.343 e. The molecule has 0 bridgehead atoms. The van der Waals surface area contributed by atoms with Gasteiger partial charge >= 0.3 is 5.97 Å². The van der Waals surface area contributed by atoms with Gasteiger partial charge in [0, 0.05) is 0 Å². The van der Waals surface area contributed by atoms with Crippen molar-refractivity contribution < 1.29 is 18.3 Å². The van der Waals surface area contributed by atoms with Crippen LogP contribution < -0.4 is 4.74 Å². The standard InChI is InChI=1S/C33H44F2O2/c1-3-5-6-8-24-9-13-25(14-10-24)26-17-19-28(20-18-26)33(36)37-30-22-21-29(31(34)32(30)35)27-15-11-23(7-4-2)12-16-27/h17-25,27H,3-16H2,1-2H3. The Morgan fingerprint density at radius 1 is 0.730 bits per heavy atom. The molecular formula is C33H44F2O2. The van der Waals surface area contributed by atoms with Gasteiger partial charge in [-0.25, -0.2) is 9.18 Å². The van der Waals surface area contributed by atoms with E-state index in [1.807, 2.05) is 12.1 Å². The first kappa shape index (κ1) is 27.8. The van der Waals surface area contributed by atoms with E-state index in [0.717, 1.165) is 31.6 Å². The number of halogens is 2. The molecule has 0 heterocycles. The summed E-state index contributed by atoms with van der Waals surface area (Å²) in [6.45, 7) is 4.44. The van der Waals surface area contributed by atoms with Gasteiger partial charge in [-0.2, -0.15) is 4.39 Å². The van der Waals surface area contributed by atoms with Gasteiger partial charge in [0.05, 0.1) is 5.56 Å². The summed E-state index contributed by atoms with van der Waals surface area (Å²) in [7, 11) is 0. The molecule has 0 aliphatic heterocycles. The largest absolute Gasteiger partial charge is 0.420 e. The van der Waals surface area contributed by atoms with Gasteiger partial charge in [0.25, 0.3) is 0 Å². The quantitative estimate of drug-likeness (QED) is 0.180. The maximum absolute atomic E-state index is 15.0. The van der Waals surface area contributed by atoms with E-state index in [9.17, 15) is 13.6 Å². The average Bonchev–Trinajstić information content (AvgIpc) is 2.93. The van der Waals surface area contributed by atoms with Crippen molar-refractivity contribution in [3.63, 3.8) is 0 Å². The van der Waals surface area contributed by atoms with Crippen molar-refractivity contribution in [2.24, 2.45) is 11.8 Å². The van der Waals surface area contributed by atoms with Crippen LogP contribution in [0.2, 0.25) is 0 Å². The molecule has 2 saturated carbocycles. The number of esters is 1. The minimum absolute atomic E-state index is 0.0336. The molecule has 2 aliphatic carbocycles. The number of carbonyl (C=O) groups excluding carboxylic acids is 1. The molecule has 0 saturated heterocycles. The van der Waals surface area contributed by atoms with Gasteiger partial charge in [0.2, 0.25) is 5.82 Å². The summed E-state index contributed by atoms with van der Waals surface area (Å²) in [6, 6.07) is 10.5. The van der Waals surface area contributed by atoms with Crippen molar-refractivity contribution in [1.29, 1.82) is 0 Å². The van der Waals surface area contributed by atoms with Crippen LogP contribution in [0, 0.1) is 23.5 Å². The molecule has 0 aromatic heterocycles. The van der Waals surface area contributed by atoms with E-state index in [-0.39, 0.29) is 11.7 Å². The first-order valence-corrected chi connectivity index (χ1v) is 14.8. The Morgan fingerprint density at radius 2 is 1.35 bits per heavy atom. The number of ether oxygens (including phenoxy) is 1. The van der Waals surface area contributed by atoms with Crippen LogP contribution >= 0.6 is 0 Å². The van der Waals surface area contributed by atoms with Crippen molar-refractivity contribution >= 4 is 5.97 Å². The third kappa shape index (κ3) is 7.21. The van der Waals surface area contributed by atoms with Crippen molar-refractivity contribution in [3.8, 4) is 5.75 Å². The Hall–Kier alpha value is -2.23. The molecule has 0 amide bonds. The molecular weight excluding hydrogens is 466 g/mol. The molecule has 4 heteroatoms. The van der Waals surface area contributed by atoms with Gasteiger partial charge in [0.15, 0.2) is 11.6 Å². The van der Waals surface area contributed by atoms with Crippen LogP contribution in [0.15, 0.2) is 36.4 Å². The van der Waals surface area contributed by atoms with E-state index in [2.05, 4.69) is 13.8 Å². The summed E-state index contributed by atoms with van der Waals surface area (Å²) in [5.74, 6) is -0.802. The van der Waals surface area contributed by atoms with Gasteiger partial charge in [-0.3, -0.25) is 0 Å². The molecule has 2 aromatic rings. The Labute approximate surface area is 222 Å². The number of rotatable bonds is 10. The van der Waals surface area contributed by atoms with Crippen LogP contribution in [0.5, 0.6) is 5.75 Å². The first-order chi connectivity index (χ1) is 18.0. The number of benzene rings is 2. The fourth-order valence-corrected chi connectivity index (χ4v) is 6.63. The maximum atomic E-state index is 15.0. The summed E-state index contributed by atoms with van der Waals surface area (Å²) in [6.07, 6.45) is 16.5. The zero-order chi connectivity index (χ0) is 26.2. The van der Waals surface area contributed by atoms with Gasteiger partial charge in [-0.1, -0.05) is 70.6 Å². The molecule has 0 spiro atoms.